The quantitative estimate of drug-likeness (QED) is 0.328. The molecule has 1 fully saturated rings. The smallest absolute Gasteiger partial charge is 0.294 e. The van der Waals surface area contributed by atoms with Crippen molar-refractivity contribution in [3.8, 4) is 12.3 Å². The molecule has 1 aliphatic heterocycles. The van der Waals surface area contributed by atoms with Gasteiger partial charge in [-0.05, 0) is 0 Å². The molecule has 0 radical (unpaired) electrons. The molecule has 1 aliphatic rings. The van der Waals surface area contributed by atoms with Gasteiger partial charge in [0.05, 0.1) is 12.2 Å². The molecule has 0 aromatic carbocycles. The van der Waals surface area contributed by atoms with E-state index in [2.05, 4.69) is 25.9 Å². The normalized spacial score (nSPS) is 30.0. The predicted octanol–water partition coefficient (Wildman–Crippen LogP) is -0.897. The standard InChI is InChI=1S/C13H12N6O4/c1-2-7-10(22)13(5-20,17-18-14)23-12(7)19-6-16-9-8(21)3-4-15-11(9)19/h1,3-4,6-7,10,12,14,20,22H,5H2/p+1/t7-,10-,12+,13+/m0/s1. The van der Waals surface area contributed by atoms with Gasteiger partial charge in [0, 0.05) is 12.3 Å². The van der Waals surface area contributed by atoms with E-state index in [9.17, 15) is 15.0 Å². The minimum Gasteiger partial charge on any atom is -0.391 e. The number of aliphatic hydroxyl groups is 2. The summed E-state index contributed by atoms with van der Waals surface area (Å²) in [6, 6.07) is 1.33. The Kier molecular flexibility index (Phi) is 3.55. The van der Waals surface area contributed by atoms with Gasteiger partial charge < -0.3 is 19.9 Å². The van der Waals surface area contributed by atoms with Crippen LogP contribution in [-0.2, 0) is 4.74 Å². The first kappa shape index (κ1) is 15.1. The van der Waals surface area contributed by atoms with E-state index in [1.54, 1.807) is 0 Å². The Morgan fingerprint density at radius 1 is 1.70 bits per heavy atom. The molecule has 0 bridgehead atoms. The van der Waals surface area contributed by atoms with E-state index in [-0.39, 0.29) is 10.9 Å². The highest BCUT2D eigenvalue weighted by Crippen LogP contribution is 2.42. The molecule has 0 spiro atoms. The van der Waals surface area contributed by atoms with Crippen molar-refractivity contribution >= 4 is 11.2 Å². The van der Waals surface area contributed by atoms with Crippen LogP contribution in [0.2, 0.25) is 0 Å². The molecule has 4 N–H and O–H groups in total. The zero-order valence-electron chi connectivity index (χ0n) is 11.7. The maximum absolute atomic E-state index is 11.8. The van der Waals surface area contributed by atoms with Gasteiger partial charge in [0.25, 0.3) is 5.72 Å². The molecular formula is C13H13N6O4+. The lowest BCUT2D eigenvalue weighted by molar-refractivity contribution is -0.126. The predicted molar refractivity (Wildman–Crippen MR) is 75.9 cm³/mol. The summed E-state index contributed by atoms with van der Waals surface area (Å²) >= 11 is 0. The second-order valence-electron chi connectivity index (χ2n) is 5.04. The molecule has 3 rings (SSSR count). The van der Waals surface area contributed by atoms with Crippen LogP contribution in [-0.4, -0.2) is 43.2 Å². The Morgan fingerprint density at radius 3 is 3.13 bits per heavy atom. The van der Waals surface area contributed by atoms with Gasteiger partial charge in [-0.1, -0.05) is 5.92 Å². The number of terminal acetylenes is 1. The summed E-state index contributed by atoms with van der Waals surface area (Å²) in [6.07, 6.45) is 5.93. The highest BCUT2D eigenvalue weighted by atomic mass is 16.6. The number of nitrogens with zero attached hydrogens (tertiary/aromatic N) is 4. The molecule has 0 amide bonds. The van der Waals surface area contributed by atoms with Crippen LogP contribution in [0.4, 0.5) is 0 Å². The van der Waals surface area contributed by atoms with Crippen molar-refractivity contribution in [1.29, 1.82) is 5.53 Å². The number of hydrogen-bond donors (Lipinski definition) is 4. The highest BCUT2D eigenvalue weighted by Gasteiger charge is 2.59. The SMILES string of the molecule is C#C[C@@H]1[C@H](n2cnc3c(=O)cc[nH]c32)O[C@@](CO)(N=[N+]=N)[C@H]1O. The van der Waals surface area contributed by atoms with Crippen molar-refractivity contribution in [2.75, 3.05) is 6.61 Å². The number of aliphatic hydroxyl groups excluding tert-OH is 2. The fourth-order valence-electron chi connectivity index (χ4n) is 2.67. The van der Waals surface area contributed by atoms with Crippen LogP contribution in [0.5, 0.6) is 0 Å². The molecule has 2 aromatic heterocycles. The van der Waals surface area contributed by atoms with Crippen LogP contribution >= 0.6 is 0 Å². The Labute approximate surface area is 129 Å². The molecular weight excluding hydrogens is 304 g/mol. The number of pyridine rings is 1. The number of imidazole rings is 1. The summed E-state index contributed by atoms with van der Waals surface area (Å²) in [6.45, 7) is -0.714. The van der Waals surface area contributed by atoms with E-state index >= 15 is 0 Å². The molecule has 10 nitrogen and oxygen atoms in total. The zero-order chi connectivity index (χ0) is 16.6. The summed E-state index contributed by atoms with van der Waals surface area (Å²) in [4.78, 5) is 21.5. The van der Waals surface area contributed by atoms with Crippen molar-refractivity contribution in [1.82, 2.24) is 19.4 Å². The van der Waals surface area contributed by atoms with Crippen LogP contribution in [0, 0.1) is 23.8 Å². The average molecular weight is 317 g/mol. The minimum atomic E-state index is -1.84. The second-order valence-corrected chi connectivity index (χ2v) is 5.04. The number of ether oxygens (including phenoxy) is 1. The van der Waals surface area contributed by atoms with Crippen molar-refractivity contribution in [2.24, 2.45) is 11.0 Å². The van der Waals surface area contributed by atoms with Crippen molar-refractivity contribution in [3.63, 3.8) is 0 Å². The number of H-pyrrole nitrogens is 1. The molecule has 4 atom stereocenters. The first-order valence-electron chi connectivity index (χ1n) is 6.63. The Bertz CT molecular complexity index is 892. The number of hydrogen-bond acceptors (Lipinski definition) is 7. The van der Waals surface area contributed by atoms with Crippen LogP contribution in [0.25, 0.3) is 11.2 Å². The Balaban J connectivity index is 2.15. The van der Waals surface area contributed by atoms with E-state index in [1.165, 1.54) is 23.2 Å². The third-order valence-corrected chi connectivity index (χ3v) is 3.83. The molecule has 3 heterocycles. The summed E-state index contributed by atoms with van der Waals surface area (Å²) < 4.78 is 7.07. The first-order valence-corrected chi connectivity index (χ1v) is 6.63. The highest BCUT2D eigenvalue weighted by molar-refractivity contribution is 5.70. The van der Waals surface area contributed by atoms with E-state index in [4.69, 9.17) is 16.7 Å². The summed E-state index contributed by atoms with van der Waals surface area (Å²) in [7, 11) is 0. The molecule has 0 unspecified atom stereocenters. The van der Waals surface area contributed by atoms with Gasteiger partial charge in [-0.2, -0.15) is 0 Å². The fraction of sp³-hybridized carbons (Fsp3) is 0.385. The lowest BCUT2D eigenvalue weighted by Crippen LogP contribution is -2.43. The van der Waals surface area contributed by atoms with Crippen LogP contribution in [0.3, 0.4) is 0 Å². The van der Waals surface area contributed by atoms with E-state index in [1.807, 2.05) is 0 Å². The molecule has 0 aliphatic carbocycles. The summed E-state index contributed by atoms with van der Waals surface area (Å²) in [5.41, 5.74) is 5.26. The molecule has 2 aromatic rings. The van der Waals surface area contributed by atoms with E-state index in [0.717, 1.165) is 0 Å². The third kappa shape index (κ3) is 2.08. The van der Waals surface area contributed by atoms with Crippen LogP contribution < -0.4 is 10.3 Å². The van der Waals surface area contributed by atoms with E-state index < -0.39 is 30.6 Å². The maximum atomic E-state index is 11.8. The van der Waals surface area contributed by atoms with Crippen LogP contribution in [0.15, 0.2) is 28.5 Å². The van der Waals surface area contributed by atoms with Gasteiger partial charge in [0.2, 0.25) is 10.3 Å². The number of fused-ring (bicyclic) bond motifs is 1. The summed E-state index contributed by atoms with van der Waals surface area (Å²) in [5.74, 6) is 1.49. The topological polar surface area (TPSA) is 151 Å². The van der Waals surface area contributed by atoms with Gasteiger partial charge in [-0.15, -0.1) is 6.42 Å². The molecule has 23 heavy (non-hydrogen) atoms. The monoisotopic (exact) mass is 317 g/mol. The van der Waals surface area contributed by atoms with Crippen molar-refractivity contribution < 1.29 is 14.9 Å². The molecule has 0 saturated carbocycles. The maximum Gasteiger partial charge on any atom is 0.294 e. The van der Waals surface area contributed by atoms with Gasteiger partial charge in [0.1, 0.15) is 23.9 Å². The molecule has 118 valence electrons. The number of aromatic amines is 1. The largest absolute Gasteiger partial charge is 0.391 e. The van der Waals surface area contributed by atoms with Crippen molar-refractivity contribution in [3.05, 3.63) is 28.8 Å². The zero-order valence-corrected chi connectivity index (χ0v) is 11.7. The van der Waals surface area contributed by atoms with Gasteiger partial charge >= 0.3 is 0 Å². The van der Waals surface area contributed by atoms with Gasteiger partial charge in [0.15, 0.2) is 16.9 Å². The summed E-state index contributed by atoms with van der Waals surface area (Å²) in [5, 5.41) is 23.4. The fourth-order valence-corrected chi connectivity index (χ4v) is 2.67. The first-order chi connectivity index (χ1) is 11.1. The Morgan fingerprint density at radius 2 is 2.48 bits per heavy atom. The molecule has 1 saturated heterocycles. The van der Waals surface area contributed by atoms with Gasteiger partial charge in [-0.3, -0.25) is 9.36 Å². The Hall–Kier alpha value is -2.83. The number of aromatic nitrogens is 3. The number of rotatable bonds is 3. The second kappa shape index (κ2) is 5.42. The average Bonchev–Trinajstić information content (AvgIpc) is 3.09. The molecule has 10 heteroatoms. The van der Waals surface area contributed by atoms with Gasteiger partial charge in [-0.25, -0.2) is 4.98 Å². The van der Waals surface area contributed by atoms with Crippen molar-refractivity contribution in [2.45, 2.75) is 18.1 Å². The lowest BCUT2D eigenvalue weighted by atomic mass is 9.97. The van der Waals surface area contributed by atoms with E-state index in [0.29, 0.717) is 5.65 Å². The third-order valence-electron chi connectivity index (χ3n) is 3.83. The van der Waals surface area contributed by atoms with Crippen LogP contribution in [0.1, 0.15) is 6.23 Å². The number of nitrogens with one attached hydrogen (secondary N) is 2. The lowest BCUT2D eigenvalue weighted by Gasteiger charge is -2.18. The minimum absolute atomic E-state index is 0.185.